The van der Waals surface area contributed by atoms with E-state index >= 15 is 0 Å². The van der Waals surface area contributed by atoms with Gasteiger partial charge in [0.25, 0.3) is 0 Å². The topological polar surface area (TPSA) is 36.9 Å². The van der Waals surface area contributed by atoms with Crippen LogP contribution in [0.4, 0.5) is 0 Å². The molecule has 7 heteroatoms. The first-order valence-corrected chi connectivity index (χ1v) is 17.6. The smallest absolute Gasteiger partial charge is 0.399 e. The molecule has 40 heavy (non-hydrogen) atoms. The van der Waals surface area contributed by atoms with Crippen molar-refractivity contribution in [1.29, 1.82) is 0 Å². The fourth-order valence-corrected chi connectivity index (χ4v) is 9.61. The Morgan fingerprint density at radius 3 is 1.35 bits per heavy atom. The Morgan fingerprint density at radius 1 is 0.575 bits per heavy atom. The predicted molar refractivity (Wildman–Crippen MR) is 172 cm³/mol. The zero-order valence-corrected chi connectivity index (χ0v) is 27.4. The van der Waals surface area contributed by atoms with Gasteiger partial charge in [0.2, 0.25) is 0 Å². The summed E-state index contributed by atoms with van der Waals surface area (Å²) in [6.07, 6.45) is 10.3. The molecule has 0 saturated carbocycles. The lowest BCUT2D eigenvalue weighted by atomic mass is 9.77. The largest absolute Gasteiger partial charge is 0.494 e. The van der Waals surface area contributed by atoms with Crippen LogP contribution in [0.5, 0.6) is 0 Å². The molecular weight excluding hydrogens is 514 g/mol. The molecule has 3 aliphatic heterocycles. The summed E-state index contributed by atoms with van der Waals surface area (Å²) in [5.74, 6) is 1.19. The van der Waals surface area contributed by atoms with Crippen LogP contribution in [0.15, 0.2) is 46.2 Å². The highest BCUT2D eigenvalue weighted by molar-refractivity contribution is 8.33. The molecule has 0 aliphatic carbocycles. The first-order chi connectivity index (χ1) is 18.6. The molecule has 2 fully saturated rings. The summed E-state index contributed by atoms with van der Waals surface area (Å²) in [7, 11) is -1.96. The first kappa shape index (κ1) is 30.2. The molecule has 2 aromatic rings. The van der Waals surface area contributed by atoms with Gasteiger partial charge in [0.1, 0.15) is 0 Å². The van der Waals surface area contributed by atoms with Crippen molar-refractivity contribution >= 4 is 35.2 Å². The SMILES string of the molecule is CCCCCCCCS1(C)c2cc(B3OC(C)(C)C(C)(C)O3)ccc2-c2ccc(B3OC(C)(C)C(C)(C)O3)cc21. The van der Waals surface area contributed by atoms with E-state index < -0.39 is 10.0 Å². The molecule has 0 atom stereocenters. The van der Waals surface area contributed by atoms with Crippen molar-refractivity contribution in [3.05, 3.63) is 36.4 Å². The molecule has 0 bridgehead atoms. The van der Waals surface area contributed by atoms with Gasteiger partial charge >= 0.3 is 14.2 Å². The maximum atomic E-state index is 6.47. The van der Waals surface area contributed by atoms with Crippen molar-refractivity contribution in [1.82, 2.24) is 0 Å². The molecule has 0 radical (unpaired) electrons. The molecule has 0 amide bonds. The normalized spacial score (nSPS) is 23.8. The Kier molecular flexibility index (Phi) is 7.92. The summed E-state index contributed by atoms with van der Waals surface area (Å²) in [6, 6.07) is 13.8. The Bertz CT molecular complexity index is 1140. The molecule has 4 nitrogen and oxygen atoms in total. The van der Waals surface area contributed by atoms with E-state index in [4.69, 9.17) is 18.6 Å². The quantitative estimate of drug-likeness (QED) is 0.234. The van der Waals surface area contributed by atoms with Crippen LogP contribution >= 0.6 is 10.0 Å². The third kappa shape index (κ3) is 5.13. The number of hydrogen-bond acceptors (Lipinski definition) is 4. The van der Waals surface area contributed by atoms with Gasteiger partial charge in [-0.15, -0.1) is 0 Å². The Labute approximate surface area is 245 Å². The Morgan fingerprint density at radius 2 is 0.950 bits per heavy atom. The van der Waals surface area contributed by atoms with Crippen LogP contribution in [-0.4, -0.2) is 48.6 Å². The van der Waals surface area contributed by atoms with Gasteiger partial charge in [-0.3, -0.25) is 0 Å². The molecule has 3 heterocycles. The summed E-state index contributed by atoms with van der Waals surface area (Å²) < 4.78 is 25.9. The molecule has 2 aromatic carbocycles. The summed E-state index contributed by atoms with van der Waals surface area (Å²) in [6.45, 7) is 19.3. The minimum Gasteiger partial charge on any atom is -0.399 e. The Hall–Kier alpha value is -1.24. The predicted octanol–water partition coefficient (Wildman–Crippen LogP) is 7.48. The maximum Gasteiger partial charge on any atom is 0.494 e. The van der Waals surface area contributed by atoms with Crippen LogP contribution in [0.25, 0.3) is 11.1 Å². The van der Waals surface area contributed by atoms with E-state index in [0.29, 0.717) is 0 Å². The molecular formula is C33H50B2O4S. The number of unbranched alkanes of at least 4 members (excludes halogenated alkanes) is 5. The van der Waals surface area contributed by atoms with E-state index in [1.807, 2.05) is 0 Å². The van der Waals surface area contributed by atoms with Crippen molar-refractivity contribution in [2.45, 2.75) is 133 Å². The van der Waals surface area contributed by atoms with Gasteiger partial charge in [0, 0.05) is 9.79 Å². The van der Waals surface area contributed by atoms with Crippen molar-refractivity contribution in [3.63, 3.8) is 0 Å². The number of benzene rings is 2. The zero-order valence-electron chi connectivity index (χ0n) is 26.6. The van der Waals surface area contributed by atoms with Crippen LogP contribution in [0.2, 0.25) is 0 Å². The molecule has 2 saturated heterocycles. The van der Waals surface area contributed by atoms with Crippen LogP contribution in [-0.2, 0) is 18.6 Å². The van der Waals surface area contributed by atoms with E-state index in [2.05, 4.69) is 105 Å². The van der Waals surface area contributed by atoms with E-state index in [1.165, 1.54) is 65.2 Å². The van der Waals surface area contributed by atoms with Gasteiger partial charge in [-0.2, -0.15) is 10.0 Å². The van der Waals surface area contributed by atoms with Gasteiger partial charge < -0.3 is 18.6 Å². The second-order valence-corrected chi connectivity index (χ2v) is 17.7. The second-order valence-electron chi connectivity index (χ2n) is 14.2. The van der Waals surface area contributed by atoms with Crippen molar-refractivity contribution in [2.24, 2.45) is 0 Å². The van der Waals surface area contributed by atoms with Crippen LogP contribution in [0.3, 0.4) is 0 Å². The maximum absolute atomic E-state index is 6.47. The second kappa shape index (κ2) is 10.5. The van der Waals surface area contributed by atoms with E-state index in [1.54, 1.807) is 0 Å². The fourth-order valence-electron chi connectivity index (χ4n) is 6.03. The lowest BCUT2D eigenvalue weighted by Crippen LogP contribution is -2.41. The molecule has 5 rings (SSSR count). The van der Waals surface area contributed by atoms with Crippen molar-refractivity contribution in [2.75, 3.05) is 12.0 Å². The highest BCUT2D eigenvalue weighted by Gasteiger charge is 2.53. The third-order valence-electron chi connectivity index (χ3n) is 10.2. The van der Waals surface area contributed by atoms with Crippen molar-refractivity contribution < 1.29 is 18.6 Å². The van der Waals surface area contributed by atoms with E-state index in [-0.39, 0.29) is 36.6 Å². The first-order valence-electron chi connectivity index (χ1n) is 15.4. The summed E-state index contributed by atoms with van der Waals surface area (Å²) in [5.41, 5.74) is 3.55. The molecule has 0 aromatic heterocycles. The number of rotatable bonds is 9. The molecule has 3 aliphatic rings. The van der Waals surface area contributed by atoms with Crippen LogP contribution in [0.1, 0.15) is 101 Å². The van der Waals surface area contributed by atoms with Crippen LogP contribution < -0.4 is 10.9 Å². The number of hydrogen-bond donors (Lipinski definition) is 0. The molecule has 0 unspecified atom stereocenters. The molecule has 0 spiro atoms. The highest BCUT2D eigenvalue weighted by Crippen LogP contribution is 2.69. The average Bonchev–Trinajstić information content (AvgIpc) is 3.35. The number of fused-ring (bicyclic) bond motifs is 3. The van der Waals surface area contributed by atoms with Gasteiger partial charge in [-0.25, -0.2) is 0 Å². The van der Waals surface area contributed by atoms with E-state index in [9.17, 15) is 0 Å². The third-order valence-corrected chi connectivity index (χ3v) is 14.0. The van der Waals surface area contributed by atoms with Gasteiger partial charge in [0.05, 0.1) is 22.4 Å². The Balaban J connectivity index is 1.49. The van der Waals surface area contributed by atoms with E-state index in [0.717, 1.165) is 10.9 Å². The molecule has 218 valence electrons. The summed E-state index contributed by atoms with van der Waals surface area (Å²) in [5, 5.41) is 0. The lowest BCUT2D eigenvalue weighted by Gasteiger charge is -2.34. The van der Waals surface area contributed by atoms with Gasteiger partial charge in [0.15, 0.2) is 0 Å². The highest BCUT2D eigenvalue weighted by atomic mass is 32.3. The summed E-state index contributed by atoms with van der Waals surface area (Å²) in [4.78, 5) is 2.93. The van der Waals surface area contributed by atoms with Gasteiger partial charge in [-0.1, -0.05) is 63.3 Å². The van der Waals surface area contributed by atoms with Gasteiger partial charge in [-0.05, 0) is 108 Å². The minimum absolute atomic E-state index is 0.350. The molecule has 0 N–H and O–H groups in total. The van der Waals surface area contributed by atoms with Crippen molar-refractivity contribution in [3.8, 4) is 11.1 Å². The average molecular weight is 564 g/mol. The van der Waals surface area contributed by atoms with Crippen LogP contribution in [0, 0.1) is 0 Å². The fraction of sp³-hybridized carbons (Fsp3) is 0.636. The lowest BCUT2D eigenvalue weighted by molar-refractivity contribution is 0.00578. The standard InChI is InChI=1S/C33H50B2O4S/c1-11-12-13-14-15-16-21-40(10)28-22-24(34-36-30(2,3)31(4,5)37-34)17-19-26(28)27-20-18-25(23-29(27)40)35-38-32(6,7)33(8,9)39-35/h17-20,22-23H,11-16,21H2,1-10H3. The monoisotopic (exact) mass is 564 g/mol. The minimum atomic E-state index is -1.26. The zero-order chi connectivity index (χ0) is 29.1. The summed E-state index contributed by atoms with van der Waals surface area (Å²) >= 11 is 0.